The number of halogens is 1. The van der Waals surface area contributed by atoms with Crippen LogP contribution in [0.5, 0.6) is 0 Å². The van der Waals surface area contributed by atoms with Gasteiger partial charge in [0.1, 0.15) is 5.75 Å². The van der Waals surface area contributed by atoms with Crippen molar-refractivity contribution >= 4 is 21.4 Å². The molecular weight excluding hydrogens is 276 g/mol. The van der Waals surface area contributed by atoms with Gasteiger partial charge in [-0.25, -0.2) is 8.42 Å². The Labute approximate surface area is 110 Å². The van der Waals surface area contributed by atoms with Crippen LogP contribution in [0, 0.1) is 6.92 Å². The van der Waals surface area contributed by atoms with E-state index in [0.29, 0.717) is 16.4 Å². The summed E-state index contributed by atoms with van der Waals surface area (Å²) < 4.78 is 28.7. The van der Waals surface area contributed by atoms with Crippen LogP contribution in [0.3, 0.4) is 0 Å². The first kappa shape index (κ1) is 13.0. The molecule has 7 heteroatoms. The number of aromatic nitrogens is 2. The van der Waals surface area contributed by atoms with Gasteiger partial charge in [0.2, 0.25) is 5.89 Å². The monoisotopic (exact) mass is 286 g/mol. The molecule has 5 nitrogen and oxygen atoms in total. The quantitative estimate of drug-likeness (QED) is 0.861. The summed E-state index contributed by atoms with van der Waals surface area (Å²) in [6.07, 6.45) is 0. The minimum Gasteiger partial charge on any atom is -0.338 e. The van der Waals surface area contributed by atoms with E-state index in [1.807, 2.05) is 0 Å². The van der Waals surface area contributed by atoms with Crippen molar-refractivity contribution in [1.29, 1.82) is 0 Å². The Kier molecular flexibility index (Phi) is 3.68. The van der Waals surface area contributed by atoms with Crippen molar-refractivity contribution in [3.05, 3.63) is 46.6 Å². The number of sulfone groups is 1. The molecule has 96 valence electrons. The van der Waals surface area contributed by atoms with E-state index in [4.69, 9.17) is 16.1 Å². The number of hydrogen-bond acceptors (Lipinski definition) is 5. The van der Waals surface area contributed by atoms with E-state index in [-0.39, 0.29) is 17.4 Å². The zero-order chi connectivity index (χ0) is 13.2. The number of rotatable bonds is 4. The van der Waals surface area contributed by atoms with Crippen LogP contribution in [0.1, 0.15) is 17.3 Å². The molecule has 0 saturated carbocycles. The minimum atomic E-state index is -3.38. The summed E-state index contributed by atoms with van der Waals surface area (Å²) in [6.45, 7) is 1.63. The predicted molar refractivity (Wildman–Crippen MR) is 66.8 cm³/mol. The van der Waals surface area contributed by atoms with E-state index in [1.165, 1.54) is 0 Å². The summed E-state index contributed by atoms with van der Waals surface area (Å²) in [7, 11) is -3.38. The van der Waals surface area contributed by atoms with Gasteiger partial charge >= 0.3 is 0 Å². The highest BCUT2D eigenvalue weighted by Crippen LogP contribution is 2.19. The lowest BCUT2D eigenvalue weighted by molar-refractivity contribution is 0.384. The predicted octanol–water partition coefficient (Wildman–Crippen LogP) is 2.15. The number of aryl methyl sites for hydroxylation is 1. The molecule has 1 heterocycles. The third-order valence-electron chi connectivity index (χ3n) is 2.25. The second kappa shape index (κ2) is 5.07. The largest absolute Gasteiger partial charge is 0.338 e. The fourth-order valence-corrected chi connectivity index (χ4v) is 3.09. The zero-order valence-corrected chi connectivity index (χ0v) is 11.2. The van der Waals surface area contributed by atoms with Crippen LogP contribution >= 0.6 is 11.6 Å². The maximum Gasteiger partial charge on any atom is 0.241 e. The first-order valence-corrected chi connectivity index (χ1v) is 7.39. The Morgan fingerprint density at radius 2 is 2.00 bits per heavy atom. The molecule has 1 aromatic carbocycles. The lowest BCUT2D eigenvalue weighted by atomic mass is 10.2. The molecule has 0 bridgehead atoms. The van der Waals surface area contributed by atoms with E-state index in [0.717, 1.165) is 0 Å². The molecule has 18 heavy (non-hydrogen) atoms. The van der Waals surface area contributed by atoms with Gasteiger partial charge in [-0.2, -0.15) is 4.98 Å². The molecule has 0 amide bonds. The summed E-state index contributed by atoms with van der Waals surface area (Å²) in [5.74, 6) is 0.0881. The van der Waals surface area contributed by atoms with Crippen LogP contribution in [0.2, 0.25) is 5.02 Å². The number of hydrogen-bond donors (Lipinski definition) is 0. The van der Waals surface area contributed by atoms with Crippen molar-refractivity contribution in [2.24, 2.45) is 0 Å². The molecule has 0 atom stereocenters. The molecule has 0 fully saturated rings. The Morgan fingerprint density at radius 3 is 2.61 bits per heavy atom. The average Bonchev–Trinajstić information content (AvgIpc) is 2.66. The van der Waals surface area contributed by atoms with Gasteiger partial charge in [0.15, 0.2) is 15.7 Å². The molecule has 1 aromatic heterocycles. The van der Waals surface area contributed by atoms with Gasteiger partial charge in [-0.15, -0.1) is 0 Å². The smallest absolute Gasteiger partial charge is 0.241 e. The van der Waals surface area contributed by atoms with Gasteiger partial charge in [0, 0.05) is 5.02 Å². The molecule has 2 aromatic rings. The van der Waals surface area contributed by atoms with E-state index in [1.54, 1.807) is 31.2 Å². The minimum absolute atomic E-state index is 0.0968. The maximum atomic E-state index is 11.9. The van der Waals surface area contributed by atoms with E-state index < -0.39 is 9.84 Å². The van der Waals surface area contributed by atoms with Crippen molar-refractivity contribution in [2.75, 3.05) is 0 Å². The van der Waals surface area contributed by atoms with E-state index in [2.05, 4.69) is 10.1 Å². The lowest BCUT2D eigenvalue weighted by Gasteiger charge is -2.03. The summed E-state index contributed by atoms with van der Waals surface area (Å²) in [6, 6.07) is 6.83. The van der Waals surface area contributed by atoms with E-state index in [9.17, 15) is 8.42 Å². The van der Waals surface area contributed by atoms with Gasteiger partial charge in [-0.1, -0.05) is 35.0 Å². The standard InChI is InChI=1S/C11H11ClN2O3S/c1-8-13-11(17-14-8)7-18(15,16)6-9-4-2-3-5-10(9)12/h2-5H,6-7H2,1H3. The van der Waals surface area contributed by atoms with Crippen molar-refractivity contribution in [1.82, 2.24) is 10.1 Å². The highest BCUT2D eigenvalue weighted by molar-refractivity contribution is 7.89. The van der Waals surface area contributed by atoms with Crippen LogP contribution < -0.4 is 0 Å². The number of benzene rings is 1. The normalized spacial score (nSPS) is 11.7. The summed E-state index contributed by atoms with van der Waals surface area (Å²) >= 11 is 5.92. The third-order valence-corrected chi connectivity index (χ3v) is 4.05. The van der Waals surface area contributed by atoms with Crippen LogP contribution in [-0.4, -0.2) is 18.6 Å². The maximum absolute atomic E-state index is 11.9. The first-order chi connectivity index (χ1) is 8.46. The SMILES string of the molecule is Cc1noc(CS(=O)(=O)Cc2ccccc2Cl)n1. The van der Waals surface area contributed by atoms with Crippen LogP contribution in [-0.2, 0) is 21.3 Å². The van der Waals surface area contributed by atoms with Gasteiger partial charge in [0.25, 0.3) is 0 Å². The van der Waals surface area contributed by atoms with Crippen molar-refractivity contribution in [3.8, 4) is 0 Å². The summed E-state index contributed by atoms with van der Waals surface area (Å²) in [5, 5.41) is 3.98. The highest BCUT2D eigenvalue weighted by atomic mass is 35.5. The van der Waals surface area contributed by atoms with Crippen LogP contribution in [0.15, 0.2) is 28.8 Å². The Balaban J connectivity index is 2.15. The van der Waals surface area contributed by atoms with Crippen molar-refractivity contribution in [2.45, 2.75) is 18.4 Å². The van der Waals surface area contributed by atoms with Crippen LogP contribution in [0.25, 0.3) is 0 Å². The Hall–Kier alpha value is -1.40. The fraction of sp³-hybridized carbons (Fsp3) is 0.273. The molecule has 0 N–H and O–H groups in total. The second-order valence-electron chi connectivity index (χ2n) is 3.86. The Morgan fingerprint density at radius 1 is 1.28 bits per heavy atom. The summed E-state index contributed by atoms with van der Waals surface area (Å²) in [5.41, 5.74) is 0.565. The lowest BCUT2D eigenvalue weighted by Crippen LogP contribution is -2.08. The molecule has 0 aliphatic heterocycles. The molecular formula is C11H11ClN2O3S. The molecule has 0 aliphatic rings. The summed E-state index contributed by atoms with van der Waals surface area (Å²) in [4.78, 5) is 3.87. The Bertz CT molecular complexity index is 652. The molecule has 0 radical (unpaired) electrons. The average molecular weight is 287 g/mol. The molecule has 0 saturated heterocycles. The molecule has 2 rings (SSSR count). The van der Waals surface area contributed by atoms with Gasteiger partial charge in [0.05, 0.1) is 5.75 Å². The first-order valence-electron chi connectivity index (χ1n) is 5.19. The topological polar surface area (TPSA) is 73.1 Å². The molecule has 0 aliphatic carbocycles. The second-order valence-corrected chi connectivity index (χ2v) is 6.33. The van der Waals surface area contributed by atoms with Crippen LogP contribution in [0.4, 0.5) is 0 Å². The third kappa shape index (κ3) is 3.30. The molecule has 0 spiro atoms. The van der Waals surface area contributed by atoms with Crippen molar-refractivity contribution < 1.29 is 12.9 Å². The van der Waals surface area contributed by atoms with Gasteiger partial charge < -0.3 is 4.52 Å². The van der Waals surface area contributed by atoms with Gasteiger partial charge in [-0.05, 0) is 18.6 Å². The van der Waals surface area contributed by atoms with Gasteiger partial charge in [-0.3, -0.25) is 0 Å². The fourth-order valence-electron chi connectivity index (χ4n) is 1.49. The molecule has 0 unspecified atom stereocenters. The van der Waals surface area contributed by atoms with Crippen molar-refractivity contribution in [3.63, 3.8) is 0 Å². The van der Waals surface area contributed by atoms with E-state index >= 15 is 0 Å². The zero-order valence-electron chi connectivity index (χ0n) is 9.63. The number of nitrogens with zero attached hydrogens (tertiary/aromatic N) is 2. The highest BCUT2D eigenvalue weighted by Gasteiger charge is 2.18.